The standard InChI is InChI=1S/C40H56N7O6/c1-44-33(25-29-16-7-3-8-17-29)37(51)46-23-13-21-34(46)38(52)47(36(50)32(42)24-28-14-5-2-6-15-28)40(27-48,26-30-18-9-4-10-19-30)35(49)31(41)20-11-12-22-45-39(43)53/h3-4,7-10,16-19,28,31-34,44H,2,5-6,11-15,20-26,41-42H2,1H3,(H3,43,45,53)/t31-,32+,33-,34-,40-/m0/s1. The van der Waals surface area contributed by atoms with Gasteiger partial charge in [0.1, 0.15) is 6.04 Å². The largest absolute Gasteiger partial charge is 0.352 e. The van der Waals surface area contributed by atoms with Crippen LogP contribution in [-0.2, 0) is 36.8 Å². The summed E-state index contributed by atoms with van der Waals surface area (Å²) in [6.07, 6.45) is 8.66. The molecule has 1 saturated carbocycles. The summed E-state index contributed by atoms with van der Waals surface area (Å²) in [4.78, 5) is 85.5. The third-order valence-electron chi connectivity index (χ3n) is 10.7. The van der Waals surface area contributed by atoms with Crippen LogP contribution in [0.4, 0.5) is 4.79 Å². The Balaban J connectivity index is 1.74. The molecule has 1 saturated heterocycles. The zero-order valence-electron chi connectivity index (χ0n) is 30.8. The van der Waals surface area contributed by atoms with Crippen molar-refractivity contribution < 1.29 is 28.8 Å². The minimum atomic E-state index is -2.46. The summed E-state index contributed by atoms with van der Waals surface area (Å²) < 4.78 is 0. The Morgan fingerprint density at radius 1 is 0.887 bits per heavy atom. The van der Waals surface area contributed by atoms with E-state index < -0.39 is 53.3 Å². The highest BCUT2D eigenvalue weighted by molar-refractivity contribution is 6.15. The van der Waals surface area contributed by atoms with Crippen molar-refractivity contribution in [3.8, 4) is 0 Å². The maximum atomic E-state index is 15.1. The number of primary amides is 1. The fourth-order valence-corrected chi connectivity index (χ4v) is 7.77. The van der Waals surface area contributed by atoms with Crippen molar-refractivity contribution in [1.82, 2.24) is 20.4 Å². The summed E-state index contributed by atoms with van der Waals surface area (Å²) in [5, 5.41) is 5.57. The highest BCUT2D eigenvalue weighted by Crippen LogP contribution is 2.32. The van der Waals surface area contributed by atoms with Crippen LogP contribution in [0.3, 0.4) is 0 Å². The lowest BCUT2D eigenvalue weighted by atomic mass is 9.80. The number of ketones is 1. The van der Waals surface area contributed by atoms with Gasteiger partial charge in [-0.15, -0.1) is 0 Å². The van der Waals surface area contributed by atoms with Crippen molar-refractivity contribution in [2.24, 2.45) is 23.1 Å². The molecule has 13 nitrogen and oxygen atoms in total. The first kappa shape index (κ1) is 41.3. The third-order valence-corrected chi connectivity index (χ3v) is 10.7. The van der Waals surface area contributed by atoms with Gasteiger partial charge in [-0.05, 0) is 69.0 Å². The lowest BCUT2D eigenvalue weighted by Crippen LogP contribution is -2.70. The summed E-state index contributed by atoms with van der Waals surface area (Å²) in [5.74, 6) is -2.74. The number of likely N-dealkylation sites (N-methyl/N-ethyl adjacent to an activating group) is 1. The first-order valence-corrected chi connectivity index (χ1v) is 18.9. The van der Waals surface area contributed by atoms with E-state index in [-0.39, 0.29) is 50.6 Å². The van der Waals surface area contributed by atoms with Crippen LogP contribution >= 0.6 is 0 Å². The molecule has 0 unspecified atom stereocenters. The van der Waals surface area contributed by atoms with Crippen LogP contribution < -0.4 is 27.8 Å². The van der Waals surface area contributed by atoms with Gasteiger partial charge in [0.15, 0.2) is 11.3 Å². The Morgan fingerprint density at radius 3 is 2.13 bits per heavy atom. The number of hydrogen-bond acceptors (Lipinski definition) is 9. The van der Waals surface area contributed by atoms with Crippen molar-refractivity contribution >= 4 is 35.8 Å². The Morgan fingerprint density at radius 2 is 1.53 bits per heavy atom. The van der Waals surface area contributed by atoms with Gasteiger partial charge in [0.05, 0.1) is 18.1 Å². The normalized spacial score (nSPS) is 19.0. The second kappa shape index (κ2) is 20.1. The molecule has 287 valence electrons. The van der Waals surface area contributed by atoms with Gasteiger partial charge < -0.3 is 32.7 Å². The molecule has 5 atom stereocenters. The SMILES string of the molecule is CN[C@@H](Cc1ccccc1)C(=O)N1CCC[C@H]1C(=O)N(C(=O)[C@H](N)CC1CCCCC1)[C@]([C]=O)(Cc1ccccc1)C(=O)[C@@H](N)CCCCNC(N)=O. The molecule has 1 heterocycles. The number of rotatable bonds is 19. The maximum absolute atomic E-state index is 15.1. The zero-order chi connectivity index (χ0) is 38.4. The number of nitrogens with zero attached hydrogens (tertiary/aromatic N) is 2. The average molecular weight is 731 g/mol. The molecule has 0 bridgehead atoms. The second-order valence-electron chi connectivity index (χ2n) is 14.5. The number of benzene rings is 2. The maximum Gasteiger partial charge on any atom is 0.312 e. The van der Waals surface area contributed by atoms with Crippen LogP contribution in [-0.4, -0.2) is 95.5 Å². The molecule has 53 heavy (non-hydrogen) atoms. The molecule has 1 radical (unpaired) electrons. The smallest absolute Gasteiger partial charge is 0.312 e. The molecule has 13 heteroatoms. The van der Waals surface area contributed by atoms with Crippen molar-refractivity contribution in [2.45, 2.75) is 113 Å². The van der Waals surface area contributed by atoms with Gasteiger partial charge in [-0.25, -0.2) is 4.79 Å². The zero-order valence-corrected chi connectivity index (χ0v) is 30.8. The Hall–Kier alpha value is -4.46. The van der Waals surface area contributed by atoms with E-state index >= 15 is 4.79 Å². The lowest BCUT2D eigenvalue weighted by molar-refractivity contribution is -0.160. The Labute approximate surface area is 312 Å². The molecule has 1 aliphatic heterocycles. The summed E-state index contributed by atoms with van der Waals surface area (Å²) in [5.41, 5.74) is 17.3. The van der Waals surface area contributed by atoms with Crippen molar-refractivity contribution in [2.75, 3.05) is 20.1 Å². The number of likely N-dealkylation sites (tertiary alicyclic amines) is 1. The van der Waals surface area contributed by atoms with Crippen molar-refractivity contribution in [3.63, 3.8) is 0 Å². The molecular formula is C40H56N7O6. The Bertz CT molecular complexity index is 1540. The van der Waals surface area contributed by atoms with Crippen LogP contribution in [0.1, 0.15) is 81.8 Å². The minimum Gasteiger partial charge on any atom is -0.352 e. The molecule has 2 fully saturated rings. The third kappa shape index (κ3) is 10.8. The minimum absolute atomic E-state index is 0.0964. The summed E-state index contributed by atoms with van der Waals surface area (Å²) in [6.45, 7) is 0.509. The fourth-order valence-electron chi connectivity index (χ4n) is 7.77. The Kier molecular flexibility index (Phi) is 15.7. The van der Waals surface area contributed by atoms with E-state index in [0.29, 0.717) is 31.2 Å². The summed E-state index contributed by atoms with van der Waals surface area (Å²) in [6, 6.07) is 13.2. The topological polar surface area (TPSA) is 211 Å². The fraction of sp³-hybridized carbons (Fsp3) is 0.550. The van der Waals surface area contributed by atoms with Gasteiger partial charge in [0.2, 0.25) is 18.1 Å². The number of nitrogens with two attached hydrogens (primary N) is 3. The van der Waals surface area contributed by atoms with E-state index in [1.807, 2.05) is 36.6 Å². The van der Waals surface area contributed by atoms with Crippen molar-refractivity contribution in [1.29, 1.82) is 0 Å². The van der Waals surface area contributed by atoms with Crippen LogP contribution in [0.15, 0.2) is 60.7 Å². The van der Waals surface area contributed by atoms with E-state index in [2.05, 4.69) is 10.6 Å². The first-order valence-electron chi connectivity index (χ1n) is 18.9. The van der Waals surface area contributed by atoms with Gasteiger partial charge in [0, 0.05) is 19.5 Å². The van der Waals surface area contributed by atoms with E-state index in [0.717, 1.165) is 42.6 Å². The molecular weight excluding hydrogens is 674 g/mol. The van der Waals surface area contributed by atoms with Gasteiger partial charge in [-0.2, -0.15) is 0 Å². The summed E-state index contributed by atoms with van der Waals surface area (Å²) >= 11 is 0. The van der Waals surface area contributed by atoms with Gasteiger partial charge >= 0.3 is 6.03 Å². The van der Waals surface area contributed by atoms with Gasteiger partial charge in [0.25, 0.3) is 5.91 Å². The van der Waals surface area contributed by atoms with E-state index in [4.69, 9.17) is 17.2 Å². The van der Waals surface area contributed by atoms with E-state index in [1.54, 1.807) is 37.4 Å². The molecule has 2 aromatic carbocycles. The molecule has 8 N–H and O–H groups in total. The number of carbonyl (C=O) groups is 5. The molecule has 2 aliphatic rings. The molecule has 5 amide bonds. The molecule has 0 spiro atoms. The average Bonchev–Trinajstić information content (AvgIpc) is 3.67. The van der Waals surface area contributed by atoms with Crippen LogP contribution in [0.5, 0.6) is 0 Å². The highest BCUT2D eigenvalue weighted by atomic mass is 16.2. The number of urea groups is 1. The number of amides is 5. The molecule has 0 aromatic heterocycles. The van der Waals surface area contributed by atoms with Crippen molar-refractivity contribution in [3.05, 3.63) is 71.8 Å². The first-order chi connectivity index (χ1) is 25.5. The predicted molar refractivity (Wildman–Crippen MR) is 202 cm³/mol. The van der Waals surface area contributed by atoms with Crippen LogP contribution in [0.25, 0.3) is 0 Å². The number of nitrogens with one attached hydrogen (secondary N) is 2. The summed E-state index contributed by atoms with van der Waals surface area (Å²) in [7, 11) is 1.68. The highest BCUT2D eigenvalue weighted by Gasteiger charge is 2.55. The lowest BCUT2D eigenvalue weighted by Gasteiger charge is -2.42. The van der Waals surface area contributed by atoms with Gasteiger partial charge in [-0.3, -0.25) is 28.9 Å². The van der Waals surface area contributed by atoms with E-state index in [9.17, 15) is 24.0 Å². The number of imide groups is 1. The quantitative estimate of drug-likeness (QED) is 0.106. The second-order valence-corrected chi connectivity index (χ2v) is 14.5. The molecule has 2 aromatic rings. The number of unbranched alkanes of at least 4 members (excludes halogenated alkanes) is 1. The van der Waals surface area contributed by atoms with Crippen LogP contribution in [0.2, 0.25) is 0 Å². The van der Waals surface area contributed by atoms with E-state index in [1.165, 1.54) is 4.90 Å². The number of carbonyl (C=O) groups excluding carboxylic acids is 6. The number of hydrogen-bond donors (Lipinski definition) is 5. The van der Waals surface area contributed by atoms with Crippen LogP contribution in [0, 0.1) is 5.92 Å². The monoisotopic (exact) mass is 730 g/mol. The molecule has 1 aliphatic carbocycles. The number of Topliss-reactive ketones (excluding diaryl/α,β-unsaturated/α-hetero) is 1. The van der Waals surface area contributed by atoms with Gasteiger partial charge in [-0.1, -0.05) is 92.8 Å². The predicted octanol–water partition coefficient (Wildman–Crippen LogP) is 2.29. The molecule has 4 rings (SSSR count).